The molecule has 8 heteroatoms. The normalized spacial score (nSPS) is 13.0. The van der Waals surface area contributed by atoms with Crippen LogP contribution in [-0.2, 0) is 14.3 Å². The van der Waals surface area contributed by atoms with E-state index in [0.29, 0.717) is 5.56 Å². The Morgan fingerprint density at radius 3 is 2.17 bits per heavy atom. The zero-order chi connectivity index (χ0) is 22.2. The molecule has 3 amide bonds. The van der Waals surface area contributed by atoms with Gasteiger partial charge in [0.05, 0.1) is 6.07 Å². The van der Waals surface area contributed by atoms with Crippen molar-refractivity contribution in [3.8, 4) is 6.07 Å². The SMILES string of the molecule is CC(C)NC(=O)C(c1ccccc1)N(CC#N)C(=O)C(C)NC(=O)OC(C)(C)C. The smallest absolute Gasteiger partial charge is 0.408 e. The lowest BCUT2D eigenvalue weighted by Crippen LogP contribution is -2.52. The van der Waals surface area contributed by atoms with E-state index < -0.39 is 35.6 Å². The lowest BCUT2D eigenvalue weighted by atomic mass is 10.0. The van der Waals surface area contributed by atoms with Gasteiger partial charge in [0.15, 0.2) is 0 Å². The number of rotatable bonds is 7. The molecule has 0 heterocycles. The summed E-state index contributed by atoms with van der Waals surface area (Å²) in [5.41, 5.74) is -0.151. The topological polar surface area (TPSA) is 112 Å². The summed E-state index contributed by atoms with van der Waals surface area (Å²) < 4.78 is 5.18. The number of carbonyl (C=O) groups excluding carboxylic acids is 3. The van der Waals surface area contributed by atoms with Crippen LogP contribution in [0.3, 0.4) is 0 Å². The number of benzene rings is 1. The van der Waals surface area contributed by atoms with Gasteiger partial charge in [0.1, 0.15) is 24.2 Å². The summed E-state index contributed by atoms with van der Waals surface area (Å²) in [4.78, 5) is 39.1. The second-order valence-electron chi connectivity index (χ2n) is 7.97. The van der Waals surface area contributed by atoms with Gasteiger partial charge in [0.2, 0.25) is 11.8 Å². The highest BCUT2D eigenvalue weighted by molar-refractivity contribution is 5.92. The lowest BCUT2D eigenvalue weighted by Gasteiger charge is -2.32. The van der Waals surface area contributed by atoms with Crippen molar-refractivity contribution < 1.29 is 19.1 Å². The fourth-order valence-electron chi connectivity index (χ4n) is 2.64. The third-order valence-electron chi connectivity index (χ3n) is 3.73. The molecule has 29 heavy (non-hydrogen) atoms. The van der Waals surface area contributed by atoms with Crippen LogP contribution in [0.25, 0.3) is 0 Å². The van der Waals surface area contributed by atoms with E-state index in [2.05, 4.69) is 10.6 Å². The number of nitrogens with one attached hydrogen (secondary N) is 2. The standard InChI is InChI=1S/C21H30N4O4/c1-14(2)23-18(26)17(16-10-8-7-9-11-16)25(13-12-22)19(27)15(3)24-20(28)29-21(4,5)6/h7-11,14-15,17H,13H2,1-6H3,(H,23,26)(H,24,28). The van der Waals surface area contributed by atoms with Crippen LogP contribution in [0.5, 0.6) is 0 Å². The predicted octanol–water partition coefficient (Wildman–Crippen LogP) is 2.52. The number of amides is 3. The molecule has 1 aromatic carbocycles. The second kappa shape index (κ2) is 10.5. The van der Waals surface area contributed by atoms with E-state index in [1.807, 2.05) is 19.9 Å². The molecule has 0 aliphatic heterocycles. The summed E-state index contributed by atoms with van der Waals surface area (Å²) in [5.74, 6) is -0.968. The van der Waals surface area contributed by atoms with Crippen molar-refractivity contribution in [2.45, 2.75) is 65.3 Å². The summed E-state index contributed by atoms with van der Waals surface area (Å²) in [6.07, 6.45) is -0.752. The number of alkyl carbamates (subject to hydrolysis) is 1. The van der Waals surface area contributed by atoms with Crippen molar-refractivity contribution in [2.75, 3.05) is 6.54 Å². The van der Waals surface area contributed by atoms with Crippen molar-refractivity contribution >= 4 is 17.9 Å². The molecule has 8 nitrogen and oxygen atoms in total. The fraction of sp³-hybridized carbons (Fsp3) is 0.524. The zero-order valence-electron chi connectivity index (χ0n) is 17.9. The largest absolute Gasteiger partial charge is 0.444 e. The number of ether oxygens (including phenoxy) is 1. The third-order valence-corrected chi connectivity index (χ3v) is 3.73. The van der Waals surface area contributed by atoms with Gasteiger partial charge < -0.3 is 20.3 Å². The number of hydrogen-bond donors (Lipinski definition) is 2. The summed E-state index contributed by atoms with van der Waals surface area (Å²) in [6.45, 7) is 9.92. The summed E-state index contributed by atoms with van der Waals surface area (Å²) in [5, 5.41) is 14.5. The Morgan fingerprint density at radius 2 is 1.69 bits per heavy atom. The molecule has 0 saturated carbocycles. The number of carbonyl (C=O) groups is 3. The van der Waals surface area contributed by atoms with Gasteiger partial charge in [-0.1, -0.05) is 30.3 Å². The molecule has 0 saturated heterocycles. The quantitative estimate of drug-likeness (QED) is 0.681. The Hall–Kier alpha value is -3.08. The van der Waals surface area contributed by atoms with Crippen molar-refractivity contribution in [2.24, 2.45) is 0 Å². The molecule has 0 aliphatic carbocycles. The third kappa shape index (κ3) is 7.82. The Labute approximate surface area is 172 Å². The highest BCUT2D eigenvalue weighted by Gasteiger charge is 2.34. The van der Waals surface area contributed by atoms with Crippen LogP contribution in [0.1, 0.15) is 53.1 Å². The first-order chi connectivity index (χ1) is 13.5. The van der Waals surface area contributed by atoms with Crippen LogP contribution in [0.15, 0.2) is 30.3 Å². The van der Waals surface area contributed by atoms with Gasteiger partial charge in [-0.2, -0.15) is 5.26 Å². The summed E-state index contributed by atoms with van der Waals surface area (Å²) in [6, 6.07) is 8.52. The van der Waals surface area contributed by atoms with E-state index in [0.717, 1.165) is 4.90 Å². The molecule has 0 fully saturated rings. The average molecular weight is 402 g/mol. The molecule has 2 unspecified atom stereocenters. The monoisotopic (exact) mass is 402 g/mol. The first kappa shape index (κ1) is 24.0. The molecule has 0 spiro atoms. The van der Waals surface area contributed by atoms with E-state index in [1.54, 1.807) is 51.1 Å². The van der Waals surface area contributed by atoms with E-state index >= 15 is 0 Å². The maximum absolute atomic E-state index is 13.1. The van der Waals surface area contributed by atoms with Crippen molar-refractivity contribution in [3.05, 3.63) is 35.9 Å². The molecule has 0 aromatic heterocycles. The molecular weight excluding hydrogens is 372 g/mol. The minimum atomic E-state index is -1.01. The molecule has 2 atom stereocenters. The first-order valence-electron chi connectivity index (χ1n) is 9.48. The molecule has 2 N–H and O–H groups in total. The van der Waals surface area contributed by atoms with Crippen molar-refractivity contribution in [1.82, 2.24) is 15.5 Å². The Bertz CT molecular complexity index is 750. The van der Waals surface area contributed by atoms with Gasteiger partial charge in [0.25, 0.3) is 0 Å². The zero-order valence-corrected chi connectivity index (χ0v) is 17.9. The van der Waals surface area contributed by atoms with E-state index in [1.165, 1.54) is 6.92 Å². The maximum Gasteiger partial charge on any atom is 0.408 e. The number of nitrogens with zero attached hydrogens (tertiary/aromatic N) is 2. The van der Waals surface area contributed by atoms with Gasteiger partial charge in [-0.25, -0.2) is 4.79 Å². The minimum Gasteiger partial charge on any atom is -0.444 e. The molecule has 158 valence electrons. The average Bonchev–Trinajstić information content (AvgIpc) is 2.59. The van der Waals surface area contributed by atoms with E-state index in [4.69, 9.17) is 4.74 Å². The number of hydrogen-bond acceptors (Lipinski definition) is 5. The van der Waals surface area contributed by atoms with Crippen LogP contribution in [0, 0.1) is 11.3 Å². The van der Waals surface area contributed by atoms with Crippen molar-refractivity contribution in [3.63, 3.8) is 0 Å². The van der Waals surface area contributed by atoms with Gasteiger partial charge in [-0.15, -0.1) is 0 Å². The molecule has 1 rings (SSSR count). The van der Waals surface area contributed by atoms with Crippen LogP contribution in [0.4, 0.5) is 4.79 Å². The van der Waals surface area contributed by atoms with E-state index in [-0.39, 0.29) is 12.6 Å². The summed E-state index contributed by atoms with van der Waals surface area (Å²) in [7, 11) is 0. The second-order valence-corrected chi connectivity index (χ2v) is 7.97. The predicted molar refractivity (Wildman–Crippen MR) is 109 cm³/mol. The number of nitriles is 1. The van der Waals surface area contributed by atoms with Crippen LogP contribution >= 0.6 is 0 Å². The van der Waals surface area contributed by atoms with Crippen molar-refractivity contribution in [1.29, 1.82) is 5.26 Å². The summed E-state index contributed by atoms with van der Waals surface area (Å²) >= 11 is 0. The van der Waals surface area contributed by atoms with Crippen LogP contribution < -0.4 is 10.6 Å². The van der Waals surface area contributed by atoms with E-state index in [9.17, 15) is 19.6 Å². The molecule has 1 aromatic rings. The van der Waals surface area contributed by atoms with Gasteiger partial charge in [-0.05, 0) is 47.1 Å². The minimum absolute atomic E-state index is 0.148. The molecule has 0 radical (unpaired) electrons. The Morgan fingerprint density at radius 1 is 1.10 bits per heavy atom. The fourth-order valence-corrected chi connectivity index (χ4v) is 2.64. The Balaban J connectivity index is 3.16. The lowest BCUT2D eigenvalue weighted by molar-refractivity contribution is -0.141. The Kier molecular flexibility index (Phi) is 8.64. The molecule has 0 aliphatic rings. The highest BCUT2D eigenvalue weighted by atomic mass is 16.6. The van der Waals surface area contributed by atoms with Crippen LogP contribution in [-0.4, -0.2) is 47.0 Å². The first-order valence-corrected chi connectivity index (χ1v) is 9.48. The molecule has 0 bridgehead atoms. The molecular formula is C21H30N4O4. The van der Waals surface area contributed by atoms with Gasteiger partial charge in [-0.3, -0.25) is 9.59 Å². The van der Waals surface area contributed by atoms with Gasteiger partial charge in [0, 0.05) is 6.04 Å². The highest BCUT2D eigenvalue weighted by Crippen LogP contribution is 2.22. The van der Waals surface area contributed by atoms with Gasteiger partial charge >= 0.3 is 6.09 Å². The van der Waals surface area contributed by atoms with Crippen LogP contribution in [0.2, 0.25) is 0 Å². The maximum atomic E-state index is 13.1.